The Labute approximate surface area is 103 Å². The molecule has 1 aromatic heterocycles. The summed E-state index contributed by atoms with van der Waals surface area (Å²) in [6.07, 6.45) is 0. The minimum absolute atomic E-state index is 0.0807. The van der Waals surface area contributed by atoms with Gasteiger partial charge in [0.1, 0.15) is 0 Å². The molecule has 84 valence electrons. The van der Waals surface area contributed by atoms with Crippen LogP contribution >= 0.6 is 34.7 Å². The lowest BCUT2D eigenvalue weighted by Gasteiger charge is -2.13. The molecule has 0 bridgehead atoms. The summed E-state index contributed by atoms with van der Waals surface area (Å²) in [7, 11) is 0. The summed E-state index contributed by atoms with van der Waals surface area (Å²) in [6, 6.07) is 3.47. The van der Waals surface area contributed by atoms with E-state index in [4.69, 9.17) is 16.7 Å². The van der Waals surface area contributed by atoms with Gasteiger partial charge in [-0.25, -0.2) is 0 Å². The van der Waals surface area contributed by atoms with Crippen molar-refractivity contribution in [1.29, 1.82) is 0 Å². The van der Waals surface area contributed by atoms with Gasteiger partial charge in [-0.2, -0.15) is 0 Å². The SMILES string of the molecule is CC(CO)SC(C)C(=O)c1ccc(Cl)s1. The summed E-state index contributed by atoms with van der Waals surface area (Å²) in [5.74, 6) is 0.0807. The van der Waals surface area contributed by atoms with E-state index in [0.29, 0.717) is 9.21 Å². The molecule has 15 heavy (non-hydrogen) atoms. The molecule has 0 fully saturated rings. The zero-order chi connectivity index (χ0) is 11.4. The van der Waals surface area contributed by atoms with Crippen molar-refractivity contribution in [2.45, 2.75) is 24.3 Å². The second kappa shape index (κ2) is 5.89. The average Bonchev–Trinajstić information content (AvgIpc) is 2.63. The number of aliphatic hydroxyl groups excluding tert-OH is 1. The number of Topliss-reactive ketones (excluding diaryl/α,β-unsaturated/α-hetero) is 1. The number of carbonyl (C=O) groups is 1. The number of aliphatic hydroxyl groups is 1. The predicted molar refractivity (Wildman–Crippen MR) is 67.3 cm³/mol. The number of hydrogen-bond acceptors (Lipinski definition) is 4. The molecular weight excluding hydrogens is 252 g/mol. The number of halogens is 1. The number of thioether (sulfide) groups is 1. The largest absolute Gasteiger partial charge is 0.395 e. The van der Waals surface area contributed by atoms with Gasteiger partial charge >= 0.3 is 0 Å². The molecule has 1 rings (SSSR count). The first-order chi connectivity index (χ1) is 7.04. The Morgan fingerprint density at radius 3 is 2.73 bits per heavy atom. The molecule has 5 heteroatoms. The lowest BCUT2D eigenvalue weighted by atomic mass is 10.2. The first-order valence-corrected chi connectivity index (χ1v) is 6.74. The van der Waals surface area contributed by atoms with Crippen LogP contribution in [-0.4, -0.2) is 28.0 Å². The van der Waals surface area contributed by atoms with Crippen LogP contribution in [0.25, 0.3) is 0 Å². The second-order valence-electron chi connectivity index (χ2n) is 3.24. The monoisotopic (exact) mass is 264 g/mol. The molecule has 0 aliphatic rings. The fraction of sp³-hybridized carbons (Fsp3) is 0.500. The minimum atomic E-state index is -0.137. The van der Waals surface area contributed by atoms with Gasteiger partial charge in [-0.3, -0.25) is 4.79 Å². The van der Waals surface area contributed by atoms with Crippen LogP contribution in [0.2, 0.25) is 4.34 Å². The third kappa shape index (κ3) is 3.79. The fourth-order valence-electron chi connectivity index (χ4n) is 1.10. The molecule has 0 saturated heterocycles. The van der Waals surface area contributed by atoms with Crippen LogP contribution in [-0.2, 0) is 0 Å². The van der Waals surface area contributed by atoms with E-state index in [1.54, 1.807) is 12.1 Å². The predicted octanol–water partition coefficient (Wildman–Crippen LogP) is 3.09. The molecular formula is C10H13ClO2S2. The highest BCUT2D eigenvalue weighted by Crippen LogP contribution is 2.27. The first-order valence-electron chi connectivity index (χ1n) is 4.60. The zero-order valence-electron chi connectivity index (χ0n) is 8.57. The Hall–Kier alpha value is -0.0300. The Kier molecular flexibility index (Phi) is 5.12. The lowest BCUT2D eigenvalue weighted by molar-refractivity contribution is 0.0997. The molecule has 1 N–H and O–H groups in total. The third-order valence-electron chi connectivity index (χ3n) is 1.88. The van der Waals surface area contributed by atoms with E-state index in [1.165, 1.54) is 23.1 Å². The van der Waals surface area contributed by atoms with Gasteiger partial charge in [-0.05, 0) is 19.1 Å². The summed E-state index contributed by atoms with van der Waals surface area (Å²) in [5, 5.41) is 8.84. The van der Waals surface area contributed by atoms with Gasteiger partial charge in [-0.1, -0.05) is 18.5 Å². The summed E-state index contributed by atoms with van der Waals surface area (Å²) in [5.41, 5.74) is 0. The molecule has 0 spiro atoms. The molecule has 1 heterocycles. The smallest absolute Gasteiger partial charge is 0.185 e. The topological polar surface area (TPSA) is 37.3 Å². The highest BCUT2D eigenvalue weighted by atomic mass is 35.5. The van der Waals surface area contributed by atoms with Crippen LogP contribution in [0.1, 0.15) is 23.5 Å². The first kappa shape index (κ1) is 13.0. The highest BCUT2D eigenvalue weighted by molar-refractivity contribution is 8.01. The summed E-state index contributed by atoms with van der Waals surface area (Å²) >= 11 is 8.54. The van der Waals surface area contributed by atoms with Gasteiger partial charge in [0.05, 0.1) is 21.1 Å². The molecule has 2 atom stereocenters. The average molecular weight is 265 g/mol. The maximum Gasteiger partial charge on any atom is 0.185 e. The van der Waals surface area contributed by atoms with E-state index in [2.05, 4.69) is 0 Å². The maximum absolute atomic E-state index is 11.9. The van der Waals surface area contributed by atoms with Crippen molar-refractivity contribution < 1.29 is 9.90 Å². The standard InChI is InChI=1S/C10H13ClO2S2/c1-6(5-12)14-7(2)10(13)8-3-4-9(11)15-8/h3-4,6-7,12H,5H2,1-2H3. The molecule has 0 radical (unpaired) electrons. The molecule has 0 aromatic carbocycles. The van der Waals surface area contributed by atoms with Gasteiger partial charge in [0, 0.05) is 5.25 Å². The number of thiophene rings is 1. The van der Waals surface area contributed by atoms with Crippen LogP contribution < -0.4 is 0 Å². The van der Waals surface area contributed by atoms with Crippen molar-refractivity contribution in [2.24, 2.45) is 0 Å². The van der Waals surface area contributed by atoms with Crippen molar-refractivity contribution in [3.05, 3.63) is 21.3 Å². The van der Waals surface area contributed by atoms with Crippen molar-refractivity contribution in [1.82, 2.24) is 0 Å². The Balaban J connectivity index is 2.60. The third-order valence-corrected chi connectivity index (χ3v) is 4.36. The van der Waals surface area contributed by atoms with Gasteiger partial charge in [0.25, 0.3) is 0 Å². The molecule has 0 saturated carbocycles. The molecule has 0 aliphatic heterocycles. The van der Waals surface area contributed by atoms with E-state index < -0.39 is 0 Å². The lowest BCUT2D eigenvalue weighted by Crippen LogP contribution is -2.17. The Morgan fingerprint density at radius 1 is 1.60 bits per heavy atom. The molecule has 2 nitrogen and oxygen atoms in total. The van der Waals surface area contributed by atoms with E-state index in [-0.39, 0.29) is 22.9 Å². The zero-order valence-corrected chi connectivity index (χ0v) is 11.0. The molecule has 1 aromatic rings. The van der Waals surface area contributed by atoms with Gasteiger partial charge in [0.15, 0.2) is 5.78 Å². The molecule has 2 unspecified atom stereocenters. The quantitative estimate of drug-likeness (QED) is 0.831. The van der Waals surface area contributed by atoms with Crippen LogP contribution in [0.15, 0.2) is 12.1 Å². The van der Waals surface area contributed by atoms with Crippen molar-refractivity contribution in [3.63, 3.8) is 0 Å². The number of rotatable bonds is 5. The minimum Gasteiger partial charge on any atom is -0.395 e. The second-order valence-corrected chi connectivity index (χ2v) is 6.74. The van der Waals surface area contributed by atoms with Crippen molar-refractivity contribution in [2.75, 3.05) is 6.61 Å². The maximum atomic E-state index is 11.9. The van der Waals surface area contributed by atoms with E-state index in [9.17, 15) is 4.79 Å². The number of carbonyl (C=O) groups excluding carboxylic acids is 1. The van der Waals surface area contributed by atoms with Gasteiger partial charge < -0.3 is 5.11 Å². The number of ketones is 1. The van der Waals surface area contributed by atoms with Crippen molar-refractivity contribution >= 4 is 40.5 Å². The Bertz CT molecular complexity index is 338. The molecule has 0 aliphatic carbocycles. The van der Waals surface area contributed by atoms with E-state index >= 15 is 0 Å². The summed E-state index contributed by atoms with van der Waals surface area (Å²) in [6.45, 7) is 3.84. The Morgan fingerprint density at radius 2 is 2.27 bits per heavy atom. The summed E-state index contributed by atoms with van der Waals surface area (Å²) in [4.78, 5) is 12.5. The molecule has 0 amide bonds. The van der Waals surface area contributed by atoms with E-state index in [1.807, 2.05) is 13.8 Å². The van der Waals surface area contributed by atoms with Crippen LogP contribution in [0.5, 0.6) is 0 Å². The van der Waals surface area contributed by atoms with Crippen molar-refractivity contribution in [3.8, 4) is 0 Å². The highest BCUT2D eigenvalue weighted by Gasteiger charge is 2.19. The summed E-state index contributed by atoms with van der Waals surface area (Å²) < 4.78 is 0.630. The van der Waals surface area contributed by atoms with Gasteiger partial charge in [0.2, 0.25) is 0 Å². The van der Waals surface area contributed by atoms with Crippen LogP contribution in [0.4, 0.5) is 0 Å². The van der Waals surface area contributed by atoms with Crippen LogP contribution in [0, 0.1) is 0 Å². The van der Waals surface area contributed by atoms with E-state index in [0.717, 1.165) is 0 Å². The van der Waals surface area contributed by atoms with Gasteiger partial charge in [-0.15, -0.1) is 23.1 Å². The fourth-order valence-corrected chi connectivity index (χ4v) is 3.28. The van der Waals surface area contributed by atoms with Crippen LogP contribution in [0.3, 0.4) is 0 Å². The number of hydrogen-bond donors (Lipinski definition) is 1. The normalized spacial score (nSPS) is 14.9.